The first-order chi connectivity index (χ1) is 7.20. The molecule has 0 radical (unpaired) electrons. The number of hydrogen-bond donors (Lipinski definition) is 0. The summed E-state index contributed by atoms with van der Waals surface area (Å²) in [7, 11) is 4.13. The Labute approximate surface area is 106 Å². The third-order valence-electron chi connectivity index (χ3n) is 1.99. The molecular weight excluding hydrogens is 218 g/mol. The van der Waals surface area contributed by atoms with Crippen LogP contribution in [0.1, 0.15) is 38.6 Å². The number of nitrogens with zero attached hydrogens (tertiary/aromatic N) is 1. The van der Waals surface area contributed by atoms with Crippen LogP contribution in [0.2, 0.25) is 0 Å². The average Bonchev–Trinajstić information content (AvgIpc) is 2.30. The predicted molar refractivity (Wildman–Crippen MR) is 76.3 cm³/mol. The van der Waals surface area contributed by atoms with Crippen LogP contribution in [0.4, 0.5) is 0 Å². The van der Waals surface area contributed by atoms with Gasteiger partial charge in [0.2, 0.25) is 0 Å². The van der Waals surface area contributed by atoms with Crippen molar-refractivity contribution in [1.29, 1.82) is 0 Å². The summed E-state index contributed by atoms with van der Waals surface area (Å²) in [6, 6.07) is 10.2. The zero-order valence-electron chi connectivity index (χ0n) is 10.2. The van der Waals surface area contributed by atoms with E-state index in [0.717, 1.165) is 13.0 Å². The van der Waals surface area contributed by atoms with Gasteiger partial charge in [-0.15, -0.1) is 11.6 Å². The van der Waals surface area contributed by atoms with Crippen LogP contribution in [-0.4, -0.2) is 25.5 Å². The van der Waals surface area contributed by atoms with E-state index in [9.17, 15) is 0 Å². The molecule has 0 bridgehead atoms. The highest BCUT2D eigenvalue weighted by Crippen LogP contribution is 2.23. The maximum absolute atomic E-state index is 6.22. The average molecular weight is 244 g/mol. The summed E-state index contributed by atoms with van der Waals surface area (Å²) in [5, 5.41) is 0.142. The lowest BCUT2D eigenvalue weighted by atomic mass is 10.1. The number of alkyl halides is 1. The van der Waals surface area contributed by atoms with E-state index in [1.165, 1.54) is 5.56 Å². The van der Waals surface area contributed by atoms with Crippen LogP contribution in [0.15, 0.2) is 30.3 Å². The Bertz CT molecular complexity index is 234. The van der Waals surface area contributed by atoms with Gasteiger partial charge in [-0.25, -0.2) is 0 Å². The van der Waals surface area contributed by atoms with Gasteiger partial charge < -0.3 is 4.90 Å². The molecule has 0 saturated heterocycles. The van der Waals surface area contributed by atoms with E-state index in [1.54, 1.807) is 0 Å². The predicted octanol–water partition coefficient (Wildman–Crippen LogP) is 4.58. The minimum atomic E-state index is 0. The second-order valence-corrected chi connectivity index (χ2v) is 4.00. The lowest BCUT2D eigenvalue weighted by Gasteiger charge is -2.13. The zero-order valence-corrected chi connectivity index (χ0v) is 11.0. The SMILES string of the molecule is C.CC.CN(C)CCC(Cl)c1ccccc1. The summed E-state index contributed by atoms with van der Waals surface area (Å²) in [6.45, 7) is 5.03. The largest absolute Gasteiger partial charge is 0.309 e. The van der Waals surface area contributed by atoms with Gasteiger partial charge in [0.05, 0.1) is 5.38 Å². The van der Waals surface area contributed by atoms with E-state index < -0.39 is 0 Å². The standard InChI is InChI=1S/C11H16ClN.C2H6.CH4/c1-13(2)9-8-11(12)10-6-4-3-5-7-10;1-2;/h3-7,11H,8-9H2,1-2H3;1-2H3;1H4. The molecule has 0 saturated carbocycles. The molecule has 1 aromatic carbocycles. The summed E-state index contributed by atoms with van der Waals surface area (Å²) < 4.78 is 0. The summed E-state index contributed by atoms with van der Waals surface area (Å²) >= 11 is 6.22. The topological polar surface area (TPSA) is 3.24 Å². The molecule has 0 heterocycles. The normalized spacial score (nSPS) is 11.1. The van der Waals surface area contributed by atoms with Crippen LogP contribution >= 0.6 is 11.6 Å². The molecule has 2 heteroatoms. The third kappa shape index (κ3) is 7.72. The third-order valence-corrected chi connectivity index (χ3v) is 2.46. The molecule has 16 heavy (non-hydrogen) atoms. The highest BCUT2D eigenvalue weighted by Gasteiger charge is 2.06. The van der Waals surface area contributed by atoms with Crippen molar-refractivity contribution in [2.45, 2.75) is 33.1 Å². The first kappa shape index (κ1) is 17.9. The fraction of sp³-hybridized carbons (Fsp3) is 0.571. The maximum Gasteiger partial charge on any atom is 0.0597 e. The Balaban J connectivity index is 0. The van der Waals surface area contributed by atoms with Gasteiger partial charge in [0.25, 0.3) is 0 Å². The number of rotatable bonds is 4. The van der Waals surface area contributed by atoms with Gasteiger partial charge in [-0.2, -0.15) is 0 Å². The molecule has 0 N–H and O–H groups in total. The minimum absolute atomic E-state index is 0. The molecule has 0 fully saturated rings. The van der Waals surface area contributed by atoms with Crippen molar-refractivity contribution in [3.8, 4) is 0 Å². The van der Waals surface area contributed by atoms with Crippen LogP contribution in [-0.2, 0) is 0 Å². The van der Waals surface area contributed by atoms with Gasteiger partial charge in [0.15, 0.2) is 0 Å². The Morgan fingerprint density at radius 2 is 1.62 bits per heavy atom. The highest BCUT2D eigenvalue weighted by atomic mass is 35.5. The highest BCUT2D eigenvalue weighted by molar-refractivity contribution is 6.20. The molecular formula is C14H26ClN. The Hall–Kier alpha value is -0.530. The molecule has 1 unspecified atom stereocenters. The van der Waals surface area contributed by atoms with Crippen LogP contribution in [0.25, 0.3) is 0 Å². The van der Waals surface area contributed by atoms with Crippen molar-refractivity contribution in [2.24, 2.45) is 0 Å². The molecule has 0 aromatic heterocycles. The molecule has 94 valence electrons. The number of halogens is 1. The van der Waals surface area contributed by atoms with Crippen molar-refractivity contribution in [3.05, 3.63) is 35.9 Å². The molecule has 0 spiro atoms. The molecule has 1 nitrogen and oxygen atoms in total. The van der Waals surface area contributed by atoms with Gasteiger partial charge in [-0.1, -0.05) is 51.6 Å². The van der Waals surface area contributed by atoms with Gasteiger partial charge in [0.1, 0.15) is 0 Å². The van der Waals surface area contributed by atoms with Crippen molar-refractivity contribution >= 4 is 11.6 Å². The Kier molecular flexibility index (Phi) is 12.2. The fourth-order valence-electron chi connectivity index (χ4n) is 1.20. The van der Waals surface area contributed by atoms with Crippen LogP contribution in [0.5, 0.6) is 0 Å². The second kappa shape index (κ2) is 11.0. The van der Waals surface area contributed by atoms with E-state index in [1.807, 2.05) is 32.0 Å². The lowest BCUT2D eigenvalue weighted by molar-refractivity contribution is 0.398. The lowest BCUT2D eigenvalue weighted by Crippen LogP contribution is -2.14. The van der Waals surface area contributed by atoms with E-state index >= 15 is 0 Å². The molecule has 1 aromatic rings. The van der Waals surface area contributed by atoms with Gasteiger partial charge in [0, 0.05) is 0 Å². The Morgan fingerprint density at radius 1 is 1.12 bits per heavy atom. The maximum atomic E-state index is 6.22. The van der Waals surface area contributed by atoms with Crippen LogP contribution < -0.4 is 0 Å². The van der Waals surface area contributed by atoms with Crippen LogP contribution in [0, 0.1) is 0 Å². The second-order valence-electron chi connectivity index (χ2n) is 3.47. The zero-order chi connectivity index (χ0) is 11.7. The quantitative estimate of drug-likeness (QED) is 0.700. The number of benzene rings is 1. The summed E-state index contributed by atoms with van der Waals surface area (Å²) in [6.07, 6.45) is 0.999. The fourth-order valence-corrected chi connectivity index (χ4v) is 1.44. The van der Waals surface area contributed by atoms with Crippen molar-refractivity contribution < 1.29 is 0 Å². The van der Waals surface area contributed by atoms with Crippen molar-refractivity contribution in [1.82, 2.24) is 4.90 Å². The first-order valence-corrected chi connectivity index (χ1v) is 5.97. The van der Waals surface area contributed by atoms with Crippen molar-refractivity contribution in [3.63, 3.8) is 0 Å². The van der Waals surface area contributed by atoms with Crippen LogP contribution in [0.3, 0.4) is 0 Å². The number of hydrogen-bond acceptors (Lipinski definition) is 1. The molecule has 0 amide bonds. The Morgan fingerprint density at radius 3 is 2.06 bits per heavy atom. The minimum Gasteiger partial charge on any atom is -0.309 e. The van der Waals surface area contributed by atoms with Gasteiger partial charge >= 0.3 is 0 Å². The van der Waals surface area contributed by atoms with E-state index in [-0.39, 0.29) is 12.8 Å². The summed E-state index contributed by atoms with van der Waals surface area (Å²) in [4.78, 5) is 2.15. The summed E-state index contributed by atoms with van der Waals surface area (Å²) in [5.41, 5.74) is 1.21. The first-order valence-electron chi connectivity index (χ1n) is 5.54. The molecule has 1 atom stereocenters. The van der Waals surface area contributed by atoms with Crippen molar-refractivity contribution in [2.75, 3.05) is 20.6 Å². The van der Waals surface area contributed by atoms with E-state index in [0.29, 0.717) is 0 Å². The van der Waals surface area contributed by atoms with E-state index in [2.05, 4.69) is 31.1 Å². The molecule has 1 rings (SSSR count). The smallest absolute Gasteiger partial charge is 0.0597 e. The molecule has 0 aliphatic heterocycles. The van der Waals surface area contributed by atoms with E-state index in [4.69, 9.17) is 11.6 Å². The molecule has 0 aliphatic carbocycles. The monoisotopic (exact) mass is 243 g/mol. The molecule has 0 aliphatic rings. The van der Waals surface area contributed by atoms with Gasteiger partial charge in [-0.3, -0.25) is 0 Å². The summed E-state index contributed by atoms with van der Waals surface area (Å²) in [5.74, 6) is 0. The van der Waals surface area contributed by atoms with Gasteiger partial charge in [-0.05, 0) is 32.6 Å².